The average molecular weight is 189 g/mol. The van der Waals surface area contributed by atoms with Crippen LogP contribution in [0.2, 0.25) is 0 Å². The monoisotopic (exact) mass is 189 g/mol. The summed E-state index contributed by atoms with van der Waals surface area (Å²) in [7, 11) is 0. The van der Waals surface area contributed by atoms with Gasteiger partial charge in [0.15, 0.2) is 0 Å². The molecule has 0 bridgehead atoms. The molecule has 0 aromatic carbocycles. The fraction of sp³-hybridized carbons (Fsp3) is 0.750. The highest BCUT2D eigenvalue weighted by Crippen LogP contribution is 2.09. The van der Waals surface area contributed by atoms with Gasteiger partial charge in [-0.3, -0.25) is 9.59 Å². The van der Waals surface area contributed by atoms with Crippen LogP contribution < -0.4 is 5.73 Å². The van der Waals surface area contributed by atoms with Crippen LogP contribution in [-0.4, -0.2) is 29.2 Å². The van der Waals surface area contributed by atoms with Crippen LogP contribution in [0.1, 0.15) is 26.7 Å². The Balaban J connectivity index is 3.88. The molecule has 0 saturated heterocycles. The normalized spacial score (nSPS) is 14.7. The van der Waals surface area contributed by atoms with Crippen LogP contribution in [0, 0.1) is 0 Å². The van der Waals surface area contributed by atoms with Crippen molar-refractivity contribution >= 4 is 11.9 Å². The Morgan fingerprint density at radius 1 is 1.54 bits per heavy atom. The number of carboxylic acids is 1. The minimum Gasteiger partial charge on any atom is -0.480 e. The molecule has 0 amide bonds. The number of nitrogens with two attached hydrogens (primary N) is 1. The van der Waals surface area contributed by atoms with E-state index in [0.29, 0.717) is 6.61 Å². The van der Waals surface area contributed by atoms with Gasteiger partial charge in [-0.25, -0.2) is 0 Å². The molecule has 5 nitrogen and oxygen atoms in total. The summed E-state index contributed by atoms with van der Waals surface area (Å²) < 4.78 is 4.63. The van der Waals surface area contributed by atoms with E-state index < -0.39 is 17.5 Å². The smallest absolute Gasteiger partial charge is 0.323 e. The minimum atomic E-state index is -1.35. The Labute approximate surface area is 76.9 Å². The number of carbonyl (C=O) groups is 2. The maximum atomic E-state index is 10.8. The predicted octanol–water partition coefficient (Wildman–Crippen LogP) is 0.132. The first-order valence-corrected chi connectivity index (χ1v) is 4.08. The van der Waals surface area contributed by atoms with E-state index in [1.54, 1.807) is 6.92 Å². The van der Waals surface area contributed by atoms with Crippen molar-refractivity contribution in [3.63, 3.8) is 0 Å². The standard InChI is InChI=1S/C8H15NO4/c1-3-13-6(10)4-5-8(2,9)7(11)12/h3-5,9H2,1-2H3,(H,11,12)/t8-/m0/s1. The summed E-state index contributed by atoms with van der Waals surface area (Å²) >= 11 is 0. The first kappa shape index (κ1) is 11.9. The van der Waals surface area contributed by atoms with Crippen LogP contribution >= 0.6 is 0 Å². The van der Waals surface area contributed by atoms with Crippen LogP contribution in [0.15, 0.2) is 0 Å². The summed E-state index contributed by atoms with van der Waals surface area (Å²) in [4.78, 5) is 21.4. The van der Waals surface area contributed by atoms with Crippen molar-refractivity contribution in [3.8, 4) is 0 Å². The van der Waals surface area contributed by atoms with Gasteiger partial charge in [-0.05, 0) is 20.3 Å². The Kier molecular flexibility index (Phi) is 4.40. The van der Waals surface area contributed by atoms with Crippen molar-refractivity contribution in [2.45, 2.75) is 32.2 Å². The third-order valence-corrected chi connectivity index (χ3v) is 1.64. The Morgan fingerprint density at radius 2 is 2.08 bits per heavy atom. The van der Waals surface area contributed by atoms with Crippen molar-refractivity contribution in [1.82, 2.24) is 0 Å². The lowest BCUT2D eigenvalue weighted by Gasteiger charge is -2.17. The number of hydrogen-bond donors (Lipinski definition) is 2. The number of hydrogen-bond acceptors (Lipinski definition) is 4. The third kappa shape index (κ3) is 4.47. The van der Waals surface area contributed by atoms with E-state index >= 15 is 0 Å². The highest BCUT2D eigenvalue weighted by molar-refractivity contribution is 5.79. The van der Waals surface area contributed by atoms with Crippen LogP contribution in [0.3, 0.4) is 0 Å². The summed E-state index contributed by atoms with van der Waals surface area (Å²) in [5.41, 5.74) is 4.04. The van der Waals surface area contributed by atoms with E-state index in [1.165, 1.54) is 6.92 Å². The zero-order valence-electron chi connectivity index (χ0n) is 7.87. The van der Waals surface area contributed by atoms with Crippen molar-refractivity contribution in [2.24, 2.45) is 5.73 Å². The first-order chi connectivity index (χ1) is 5.90. The topological polar surface area (TPSA) is 89.6 Å². The van der Waals surface area contributed by atoms with Gasteiger partial charge in [0, 0.05) is 6.42 Å². The predicted molar refractivity (Wildman–Crippen MR) is 46.1 cm³/mol. The average Bonchev–Trinajstić information content (AvgIpc) is 2.01. The van der Waals surface area contributed by atoms with E-state index in [0.717, 1.165) is 0 Å². The van der Waals surface area contributed by atoms with Crippen molar-refractivity contribution in [2.75, 3.05) is 6.61 Å². The second-order valence-corrected chi connectivity index (χ2v) is 3.03. The molecule has 5 heteroatoms. The quantitative estimate of drug-likeness (QED) is 0.600. The summed E-state index contributed by atoms with van der Waals surface area (Å²) in [6, 6.07) is 0. The van der Waals surface area contributed by atoms with Gasteiger partial charge in [0.25, 0.3) is 0 Å². The van der Waals surface area contributed by atoms with Crippen LogP contribution in [0.4, 0.5) is 0 Å². The van der Waals surface area contributed by atoms with Gasteiger partial charge in [0.2, 0.25) is 0 Å². The second kappa shape index (κ2) is 4.81. The van der Waals surface area contributed by atoms with Crippen molar-refractivity contribution in [1.29, 1.82) is 0 Å². The number of ether oxygens (including phenoxy) is 1. The van der Waals surface area contributed by atoms with E-state index in [9.17, 15) is 9.59 Å². The van der Waals surface area contributed by atoms with Gasteiger partial charge >= 0.3 is 11.9 Å². The Bertz CT molecular complexity index is 200. The van der Waals surface area contributed by atoms with Gasteiger partial charge in [0.1, 0.15) is 5.54 Å². The molecule has 76 valence electrons. The minimum absolute atomic E-state index is 0.0349. The Morgan fingerprint density at radius 3 is 2.46 bits per heavy atom. The van der Waals surface area contributed by atoms with E-state index in [-0.39, 0.29) is 12.8 Å². The van der Waals surface area contributed by atoms with Crippen LogP contribution in [0.5, 0.6) is 0 Å². The van der Waals surface area contributed by atoms with Crippen molar-refractivity contribution in [3.05, 3.63) is 0 Å². The fourth-order valence-corrected chi connectivity index (χ4v) is 0.702. The molecule has 0 fully saturated rings. The summed E-state index contributed by atoms with van der Waals surface area (Å²) in [6.07, 6.45) is 0.119. The van der Waals surface area contributed by atoms with E-state index in [4.69, 9.17) is 10.8 Å². The fourth-order valence-electron chi connectivity index (χ4n) is 0.702. The Hall–Kier alpha value is -1.10. The molecule has 1 atom stereocenters. The molecule has 0 aliphatic carbocycles. The molecule has 0 aromatic heterocycles. The largest absolute Gasteiger partial charge is 0.480 e. The molecular formula is C8H15NO4. The molecule has 0 saturated carbocycles. The summed E-state index contributed by atoms with van der Waals surface area (Å²) in [6.45, 7) is 3.36. The molecule has 0 aliphatic heterocycles. The number of carbonyl (C=O) groups excluding carboxylic acids is 1. The number of rotatable bonds is 5. The summed E-state index contributed by atoms with van der Waals surface area (Å²) in [5.74, 6) is -1.53. The maximum absolute atomic E-state index is 10.8. The lowest BCUT2D eigenvalue weighted by atomic mass is 9.98. The zero-order valence-corrected chi connectivity index (χ0v) is 7.87. The van der Waals surface area contributed by atoms with Gasteiger partial charge in [0.05, 0.1) is 6.61 Å². The molecule has 3 N–H and O–H groups in total. The number of aliphatic carboxylic acids is 1. The molecule has 0 aromatic rings. The molecule has 0 spiro atoms. The van der Waals surface area contributed by atoms with E-state index in [1.807, 2.05) is 0 Å². The number of esters is 1. The van der Waals surface area contributed by atoms with Crippen LogP contribution in [-0.2, 0) is 14.3 Å². The molecule has 0 rings (SSSR count). The second-order valence-electron chi connectivity index (χ2n) is 3.03. The number of carboxylic acid groups (broad SMARTS) is 1. The molecule has 0 aliphatic rings. The molecule has 0 heterocycles. The first-order valence-electron chi connectivity index (χ1n) is 4.08. The molecule has 0 radical (unpaired) electrons. The highest BCUT2D eigenvalue weighted by Gasteiger charge is 2.28. The van der Waals surface area contributed by atoms with Gasteiger partial charge < -0.3 is 15.6 Å². The van der Waals surface area contributed by atoms with Gasteiger partial charge in [-0.2, -0.15) is 0 Å². The van der Waals surface area contributed by atoms with E-state index in [2.05, 4.69) is 4.74 Å². The van der Waals surface area contributed by atoms with Gasteiger partial charge in [-0.1, -0.05) is 0 Å². The lowest BCUT2D eigenvalue weighted by molar-refractivity contribution is -0.145. The maximum Gasteiger partial charge on any atom is 0.323 e. The SMILES string of the molecule is CCOC(=O)CC[C@](C)(N)C(=O)O. The van der Waals surface area contributed by atoms with Crippen molar-refractivity contribution < 1.29 is 19.4 Å². The van der Waals surface area contributed by atoms with Crippen LogP contribution in [0.25, 0.3) is 0 Å². The van der Waals surface area contributed by atoms with Gasteiger partial charge in [-0.15, -0.1) is 0 Å². The highest BCUT2D eigenvalue weighted by atomic mass is 16.5. The summed E-state index contributed by atoms with van der Waals surface area (Å²) in [5, 5.41) is 8.61. The lowest BCUT2D eigenvalue weighted by Crippen LogP contribution is -2.45. The molecule has 13 heavy (non-hydrogen) atoms. The molecular weight excluding hydrogens is 174 g/mol. The zero-order chi connectivity index (χ0) is 10.5. The molecule has 0 unspecified atom stereocenters. The third-order valence-electron chi connectivity index (χ3n) is 1.64.